The molecule has 1 aromatic carbocycles. The Morgan fingerprint density at radius 2 is 2.00 bits per heavy atom. The maximum absolute atomic E-state index is 12.4. The fourth-order valence-corrected chi connectivity index (χ4v) is 2.23. The number of aliphatic carboxylic acids is 1. The van der Waals surface area contributed by atoms with E-state index in [0.717, 1.165) is 6.07 Å². The van der Waals surface area contributed by atoms with E-state index in [4.69, 9.17) is 5.11 Å². The highest BCUT2D eigenvalue weighted by molar-refractivity contribution is 6.06. The first kappa shape index (κ1) is 18.1. The lowest BCUT2D eigenvalue weighted by Gasteiger charge is -2.19. The lowest BCUT2D eigenvalue weighted by molar-refractivity contribution is -0.384. The molecule has 0 aliphatic rings. The molecule has 1 heterocycles. The predicted molar refractivity (Wildman–Crippen MR) is 89.6 cm³/mol. The SMILES string of the molecule is CC(C)(CCNC(=O)c1cc(=O)[nH]c2ccc([N+](=O)[O-])cc12)C(=O)O. The number of carboxylic acid groups (broad SMARTS) is 1. The summed E-state index contributed by atoms with van der Waals surface area (Å²) < 4.78 is 0. The van der Waals surface area contributed by atoms with Crippen molar-refractivity contribution in [3.8, 4) is 0 Å². The fraction of sp³-hybridized carbons (Fsp3) is 0.312. The summed E-state index contributed by atoms with van der Waals surface area (Å²) in [6, 6.07) is 4.86. The number of non-ortho nitro benzene ring substituents is 1. The topological polar surface area (TPSA) is 142 Å². The second-order valence-corrected chi connectivity index (χ2v) is 6.23. The third-order valence-electron chi connectivity index (χ3n) is 3.90. The van der Waals surface area contributed by atoms with Gasteiger partial charge in [-0.15, -0.1) is 0 Å². The molecule has 9 heteroatoms. The maximum atomic E-state index is 12.4. The number of carboxylic acids is 1. The lowest BCUT2D eigenvalue weighted by Crippen LogP contribution is -2.32. The van der Waals surface area contributed by atoms with Crippen molar-refractivity contribution in [1.29, 1.82) is 0 Å². The second-order valence-electron chi connectivity index (χ2n) is 6.23. The number of aromatic amines is 1. The first-order valence-corrected chi connectivity index (χ1v) is 7.45. The van der Waals surface area contributed by atoms with Gasteiger partial charge < -0.3 is 15.4 Å². The number of pyridine rings is 1. The summed E-state index contributed by atoms with van der Waals surface area (Å²) in [7, 11) is 0. The monoisotopic (exact) mass is 347 g/mol. The molecular formula is C16H17N3O6. The third kappa shape index (κ3) is 4.00. The minimum atomic E-state index is -1.01. The van der Waals surface area contributed by atoms with Crippen LogP contribution in [0, 0.1) is 15.5 Å². The summed E-state index contributed by atoms with van der Waals surface area (Å²) >= 11 is 0. The van der Waals surface area contributed by atoms with Crippen LogP contribution >= 0.6 is 0 Å². The highest BCUT2D eigenvalue weighted by Gasteiger charge is 2.26. The number of carbonyl (C=O) groups excluding carboxylic acids is 1. The molecule has 9 nitrogen and oxygen atoms in total. The van der Waals surface area contributed by atoms with Gasteiger partial charge in [0.05, 0.1) is 15.9 Å². The van der Waals surface area contributed by atoms with Crippen LogP contribution in [0.2, 0.25) is 0 Å². The average Bonchev–Trinajstić information content (AvgIpc) is 2.52. The number of aromatic nitrogens is 1. The lowest BCUT2D eigenvalue weighted by atomic mass is 9.89. The van der Waals surface area contributed by atoms with Gasteiger partial charge in [0.25, 0.3) is 11.6 Å². The Labute approximate surface area is 141 Å². The van der Waals surface area contributed by atoms with Crippen LogP contribution < -0.4 is 10.9 Å². The second kappa shape index (κ2) is 6.71. The number of nitro benzene ring substituents is 1. The van der Waals surface area contributed by atoms with E-state index in [-0.39, 0.29) is 29.6 Å². The van der Waals surface area contributed by atoms with E-state index in [9.17, 15) is 24.5 Å². The van der Waals surface area contributed by atoms with Crippen molar-refractivity contribution in [1.82, 2.24) is 10.3 Å². The molecule has 0 spiro atoms. The first-order valence-electron chi connectivity index (χ1n) is 7.45. The van der Waals surface area contributed by atoms with E-state index in [1.165, 1.54) is 32.0 Å². The number of benzene rings is 1. The molecule has 3 N–H and O–H groups in total. The Bertz CT molecular complexity index is 916. The molecule has 1 aromatic heterocycles. The van der Waals surface area contributed by atoms with Crippen LogP contribution in [0.1, 0.15) is 30.6 Å². The van der Waals surface area contributed by atoms with E-state index in [1.807, 2.05) is 0 Å². The third-order valence-corrected chi connectivity index (χ3v) is 3.90. The number of nitrogens with one attached hydrogen (secondary N) is 2. The molecule has 0 radical (unpaired) electrons. The van der Waals surface area contributed by atoms with Gasteiger partial charge in [-0.25, -0.2) is 0 Å². The van der Waals surface area contributed by atoms with Crippen LogP contribution in [0.15, 0.2) is 29.1 Å². The molecule has 1 amide bonds. The molecule has 132 valence electrons. The van der Waals surface area contributed by atoms with E-state index in [1.54, 1.807) is 0 Å². The Hall–Kier alpha value is -3.23. The standard InChI is InChI=1S/C16H17N3O6/c1-16(2,15(22)23)5-6-17-14(21)11-8-13(20)18-12-4-3-9(19(24)25)7-10(11)12/h3-4,7-8H,5-6H2,1-2H3,(H,17,21)(H,18,20)(H,22,23). The van der Waals surface area contributed by atoms with Crippen LogP contribution in [0.3, 0.4) is 0 Å². The Balaban J connectivity index is 2.31. The summed E-state index contributed by atoms with van der Waals surface area (Å²) in [5.41, 5.74) is -1.44. The average molecular weight is 347 g/mol. The molecule has 2 aromatic rings. The number of nitrogens with zero attached hydrogens (tertiary/aromatic N) is 1. The number of hydrogen-bond donors (Lipinski definition) is 3. The van der Waals surface area contributed by atoms with Crippen LogP contribution in [0.25, 0.3) is 10.9 Å². The van der Waals surface area contributed by atoms with Crippen LogP contribution in [0.4, 0.5) is 5.69 Å². The zero-order valence-electron chi connectivity index (χ0n) is 13.7. The summed E-state index contributed by atoms with van der Waals surface area (Å²) in [6.45, 7) is 3.16. The van der Waals surface area contributed by atoms with Crippen molar-refractivity contribution >= 4 is 28.5 Å². The summed E-state index contributed by atoms with van der Waals surface area (Å²) in [6.07, 6.45) is 0.190. The number of amides is 1. The van der Waals surface area contributed by atoms with Gasteiger partial charge in [0.1, 0.15) is 0 Å². The number of hydrogen-bond acceptors (Lipinski definition) is 5. The molecule has 0 saturated heterocycles. The van der Waals surface area contributed by atoms with Crippen molar-refractivity contribution in [3.63, 3.8) is 0 Å². The van der Waals surface area contributed by atoms with Crippen LogP contribution in [0.5, 0.6) is 0 Å². The zero-order valence-corrected chi connectivity index (χ0v) is 13.7. The largest absolute Gasteiger partial charge is 0.481 e. The van der Waals surface area contributed by atoms with Crippen LogP contribution in [-0.4, -0.2) is 33.4 Å². The zero-order chi connectivity index (χ0) is 18.8. The van der Waals surface area contributed by atoms with E-state index >= 15 is 0 Å². The van der Waals surface area contributed by atoms with Crippen molar-refractivity contribution in [2.45, 2.75) is 20.3 Å². The number of rotatable bonds is 6. The van der Waals surface area contributed by atoms with E-state index in [2.05, 4.69) is 10.3 Å². The van der Waals surface area contributed by atoms with Gasteiger partial charge in [-0.2, -0.15) is 0 Å². The molecule has 0 fully saturated rings. The summed E-state index contributed by atoms with van der Waals surface area (Å²) in [4.78, 5) is 48.0. The molecule has 0 aliphatic carbocycles. The van der Waals surface area contributed by atoms with Gasteiger partial charge in [0.15, 0.2) is 0 Å². The van der Waals surface area contributed by atoms with Crippen molar-refractivity contribution in [3.05, 3.63) is 50.3 Å². The Kier molecular flexibility index (Phi) is 4.87. The van der Waals surface area contributed by atoms with Crippen molar-refractivity contribution in [2.24, 2.45) is 5.41 Å². The number of nitro groups is 1. The van der Waals surface area contributed by atoms with E-state index < -0.39 is 27.8 Å². The van der Waals surface area contributed by atoms with Gasteiger partial charge in [0, 0.05) is 35.6 Å². The fourth-order valence-electron chi connectivity index (χ4n) is 2.23. The summed E-state index contributed by atoms with van der Waals surface area (Å²) in [5.74, 6) is -1.59. The molecule has 25 heavy (non-hydrogen) atoms. The first-order chi connectivity index (χ1) is 11.6. The molecule has 2 rings (SSSR count). The molecular weight excluding hydrogens is 330 g/mol. The minimum absolute atomic E-state index is 0.00409. The highest BCUT2D eigenvalue weighted by Crippen LogP contribution is 2.22. The minimum Gasteiger partial charge on any atom is -0.481 e. The van der Waals surface area contributed by atoms with Gasteiger partial charge in [-0.3, -0.25) is 24.5 Å². The summed E-state index contributed by atoms with van der Waals surface area (Å²) in [5, 5.41) is 22.8. The van der Waals surface area contributed by atoms with Gasteiger partial charge in [-0.05, 0) is 26.3 Å². The number of H-pyrrole nitrogens is 1. The predicted octanol–water partition coefficient (Wildman–Crippen LogP) is 1.67. The number of fused-ring (bicyclic) bond motifs is 1. The highest BCUT2D eigenvalue weighted by atomic mass is 16.6. The number of carbonyl (C=O) groups is 2. The molecule has 0 saturated carbocycles. The van der Waals surface area contributed by atoms with Gasteiger partial charge in [0.2, 0.25) is 5.56 Å². The Morgan fingerprint density at radius 1 is 1.32 bits per heavy atom. The normalized spacial score (nSPS) is 11.3. The van der Waals surface area contributed by atoms with Gasteiger partial charge >= 0.3 is 5.97 Å². The van der Waals surface area contributed by atoms with E-state index in [0.29, 0.717) is 5.52 Å². The Morgan fingerprint density at radius 3 is 2.60 bits per heavy atom. The van der Waals surface area contributed by atoms with Gasteiger partial charge in [-0.1, -0.05) is 0 Å². The maximum Gasteiger partial charge on any atom is 0.309 e. The quantitative estimate of drug-likeness (QED) is 0.536. The molecule has 0 aliphatic heterocycles. The molecule has 0 bridgehead atoms. The smallest absolute Gasteiger partial charge is 0.309 e. The van der Waals surface area contributed by atoms with Crippen molar-refractivity contribution < 1.29 is 19.6 Å². The molecule has 0 unspecified atom stereocenters. The van der Waals surface area contributed by atoms with Crippen LogP contribution in [-0.2, 0) is 4.79 Å². The van der Waals surface area contributed by atoms with Crippen molar-refractivity contribution in [2.75, 3.05) is 6.54 Å². The molecule has 0 atom stereocenters.